The minimum Gasteiger partial charge on any atom is -0.465 e. The van der Waals surface area contributed by atoms with Crippen molar-refractivity contribution in [2.45, 2.75) is 31.3 Å². The fourth-order valence-corrected chi connectivity index (χ4v) is 3.02. The number of carbonyl (C=O) groups is 1. The van der Waals surface area contributed by atoms with Crippen LogP contribution >= 0.6 is 0 Å². The van der Waals surface area contributed by atoms with Gasteiger partial charge in [-0.2, -0.15) is 26.7 Å². The van der Waals surface area contributed by atoms with Crippen LogP contribution < -0.4 is 4.18 Å². The first-order chi connectivity index (χ1) is 10.5. The summed E-state index contributed by atoms with van der Waals surface area (Å²) in [6.07, 6.45) is -0.838. The minimum absolute atomic E-state index is 0.00861. The lowest BCUT2D eigenvalue weighted by atomic mass is 9.98. The molecule has 8 nitrogen and oxygen atoms in total. The lowest BCUT2D eigenvalue weighted by Crippen LogP contribution is -2.39. The third-order valence-electron chi connectivity index (χ3n) is 3.52. The number of amides is 1. The van der Waals surface area contributed by atoms with Crippen molar-refractivity contribution in [1.82, 2.24) is 14.7 Å². The molecule has 0 saturated carbocycles. The maximum atomic E-state index is 12.5. The van der Waals surface area contributed by atoms with Gasteiger partial charge >= 0.3 is 21.7 Å². The zero-order valence-electron chi connectivity index (χ0n) is 12.2. The minimum atomic E-state index is -5.82. The van der Waals surface area contributed by atoms with E-state index >= 15 is 0 Å². The van der Waals surface area contributed by atoms with Crippen molar-refractivity contribution in [1.29, 1.82) is 0 Å². The molecule has 0 aromatic carbocycles. The number of rotatable bonds is 3. The summed E-state index contributed by atoms with van der Waals surface area (Å²) in [5.74, 6) is -0.541. The zero-order chi connectivity index (χ0) is 17.6. The average molecular weight is 357 g/mol. The normalized spacial score (nSPS) is 18.7. The molecule has 1 aromatic heterocycles. The summed E-state index contributed by atoms with van der Waals surface area (Å²) in [4.78, 5) is 12.3. The number of nitrogens with zero attached hydrogens (tertiary/aromatic N) is 3. The van der Waals surface area contributed by atoms with Crippen molar-refractivity contribution in [3.05, 3.63) is 11.3 Å². The van der Waals surface area contributed by atoms with E-state index in [4.69, 9.17) is 5.11 Å². The molecule has 1 aliphatic heterocycles. The number of carboxylic acid groups (broad SMARTS) is 1. The molecule has 1 N–H and O–H groups in total. The molecule has 12 heteroatoms. The summed E-state index contributed by atoms with van der Waals surface area (Å²) < 4.78 is 64.9. The average Bonchev–Trinajstić information content (AvgIpc) is 2.72. The highest BCUT2D eigenvalue weighted by molar-refractivity contribution is 7.87. The second-order valence-electron chi connectivity index (χ2n) is 4.93. The lowest BCUT2D eigenvalue weighted by Gasteiger charge is -2.31. The fraction of sp³-hybridized carbons (Fsp3) is 0.636. The molecular formula is C11H14F3N3O5S. The molecule has 1 aliphatic rings. The van der Waals surface area contributed by atoms with Crippen LogP contribution in [0.4, 0.5) is 18.0 Å². The van der Waals surface area contributed by atoms with E-state index in [-0.39, 0.29) is 24.2 Å². The summed E-state index contributed by atoms with van der Waals surface area (Å²) in [6, 6.07) is -0.673. The molecule has 1 amide bonds. The maximum Gasteiger partial charge on any atom is 0.534 e. The van der Waals surface area contributed by atoms with Crippen LogP contribution in [0.1, 0.15) is 30.6 Å². The van der Waals surface area contributed by atoms with Crippen LogP contribution in [0.15, 0.2) is 0 Å². The number of aryl methyl sites for hydroxylation is 1. The molecule has 0 aliphatic carbocycles. The number of hydrogen-bond donors (Lipinski definition) is 1. The quantitative estimate of drug-likeness (QED) is 0.652. The first-order valence-corrected chi connectivity index (χ1v) is 7.96. The second-order valence-corrected chi connectivity index (χ2v) is 6.46. The highest BCUT2D eigenvalue weighted by Gasteiger charge is 2.50. The molecule has 0 fully saturated rings. The number of aromatic nitrogens is 2. The van der Waals surface area contributed by atoms with E-state index in [1.165, 1.54) is 7.05 Å². The molecule has 1 atom stereocenters. The Morgan fingerprint density at radius 3 is 2.57 bits per heavy atom. The van der Waals surface area contributed by atoms with E-state index in [0.29, 0.717) is 6.42 Å². The zero-order valence-corrected chi connectivity index (χ0v) is 13.0. The van der Waals surface area contributed by atoms with Crippen molar-refractivity contribution in [2.24, 2.45) is 7.05 Å². The van der Waals surface area contributed by atoms with Gasteiger partial charge in [0, 0.05) is 19.2 Å². The van der Waals surface area contributed by atoms with Crippen LogP contribution in [-0.4, -0.2) is 46.4 Å². The molecular weight excluding hydrogens is 343 g/mol. The smallest absolute Gasteiger partial charge is 0.465 e. The summed E-state index contributed by atoms with van der Waals surface area (Å²) >= 11 is 0. The van der Waals surface area contributed by atoms with E-state index < -0.39 is 33.6 Å². The monoisotopic (exact) mass is 357 g/mol. The molecule has 1 aromatic rings. The molecule has 2 heterocycles. The molecule has 130 valence electrons. The van der Waals surface area contributed by atoms with Gasteiger partial charge in [0.15, 0.2) is 0 Å². The largest absolute Gasteiger partial charge is 0.534 e. The Balaban J connectivity index is 2.46. The van der Waals surface area contributed by atoms with E-state index in [9.17, 15) is 26.4 Å². The second kappa shape index (κ2) is 5.58. The van der Waals surface area contributed by atoms with Crippen LogP contribution in [0.25, 0.3) is 0 Å². The SMILES string of the molecule is CCC1c2nn(C)c(OS(=O)(=O)C(F)(F)F)c2CCN1C(=O)O. The summed E-state index contributed by atoms with van der Waals surface area (Å²) in [7, 11) is -4.59. The third kappa shape index (κ3) is 2.94. The van der Waals surface area contributed by atoms with Gasteiger partial charge < -0.3 is 9.29 Å². The molecule has 1 unspecified atom stereocenters. The Labute approximate surface area is 129 Å². The Bertz CT molecular complexity index is 728. The van der Waals surface area contributed by atoms with Crippen molar-refractivity contribution in [3.63, 3.8) is 0 Å². The van der Waals surface area contributed by atoms with Gasteiger partial charge in [-0.05, 0) is 12.8 Å². The van der Waals surface area contributed by atoms with Crippen LogP contribution in [0, 0.1) is 0 Å². The van der Waals surface area contributed by atoms with Crippen molar-refractivity contribution < 1.29 is 35.7 Å². The van der Waals surface area contributed by atoms with Gasteiger partial charge in [-0.25, -0.2) is 9.48 Å². The van der Waals surface area contributed by atoms with E-state index in [1.54, 1.807) is 6.92 Å². The number of fused-ring (bicyclic) bond motifs is 1. The molecule has 23 heavy (non-hydrogen) atoms. The predicted octanol–water partition coefficient (Wildman–Crippen LogP) is 1.64. The number of halogens is 3. The predicted molar refractivity (Wildman–Crippen MR) is 70.3 cm³/mol. The van der Waals surface area contributed by atoms with E-state index in [1.807, 2.05) is 0 Å². The molecule has 2 rings (SSSR count). The molecule has 0 spiro atoms. The van der Waals surface area contributed by atoms with Gasteiger partial charge in [0.05, 0.1) is 11.7 Å². The van der Waals surface area contributed by atoms with Crippen molar-refractivity contribution in [3.8, 4) is 5.88 Å². The van der Waals surface area contributed by atoms with Gasteiger partial charge in [-0.3, -0.25) is 4.90 Å². The van der Waals surface area contributed by atoms with Gasteiger partial charge in [-0.1, -0.05) is 6.92 Å². The molecule has 0 radical (unpaired) electrons. The Kier molecular flexibility index (Phi) is 4.22. The maximum absolute atomic E-state index is 12.5. The van der Waals surface area contributed by atoms with E-state index in [0.717, 1.165) is 9.58 Å². The summed E-state index contributed by atoms with van der Waals surface area (Å²) in [5.41, 5.74) is -5.18. The highest BCUT2D eigenvalue weighted by Crippen LogP contribution is 2.38. The van der Waals surface area contributed by atoms with Crippen LogP contribution in [0.3, 0.4) is 0 Å². The molecule has 0 bridgehead atoms. The van der Waals surface area contributed by atoms with Crippen LogP contribution in [-0.2, 0) is 23.6 Å². The fourth-order valence-electron chi connectivity index (χ4n) is 2.51. The number of hydrogen-bond acceptors (Lipinski definition) is 5. The van der Waals surface area contributed by atoms with Crippen molar-refractivity contribution in [2.75, 3.05) is 6.54 Å². The van der Waals surface area contributed by atoms with Gasteiger partial charge in [-0.15, -0.1) is 0 Å². The third-order valence-corrected chi connectivity index (χ3v) is 4.46. The van der Waals surface area contributed by atoms with E-state index in [2.05, 4.69) is 9.28 Å². The van der Waals surface area contributed by atoms with Crippen molar-refractivity contribution >= 4 is 16.2 Å². The first kappa shape index (κ1) is 17.4. The van der Waals surface area contributed by atoms with Gasteiger partial charge in [0.2, 0.25) is 5.88 Å². The molecule has 0 saturated heterocycles. The summed E-state index contributed by atoms with van der Waals surface area (Å²) in [6.45, 7) is 1.70. The Morgan fingerprint density at radius 2 is 2.09 bits per heavy atom. The number of alkyl halides is 3. The standard InChI is InChI=1S/C11H14F3N3O5S/c1-3-7-8-6(4-5-17(7)10(18)19)9(16(2)15-8)22-23(20,21)11(12,13)14/h7H,3-5H2,1-2H3,(H,18,19). The summed E-state index contributed by atoms with van der Waals surface area (Å²) in [5, 5.41) is 13.1. The Morgan fingerprint density at radius 1 is 1.48 bits per heavy atom. The van der Waals surface area contributed by atoms with Gasteiger partial charge in [0.1, 0.15) is 0 Å². The van der Waals surface area contributed by atoms with Gasteiger partial charge in [0.25, 0.3) is 0 Å². The lowest BCUT2D eigenvalue weighted by molar-refractivity contribution is -0.0502. The highest BCUT2D eigenvalue weighted by atomic mass is 32.2. The topological polar surface area (TPSA) is 102 Å². The van der Waals surface area contributed by atoms with Crippen LogP contribution in [0.5, 0.6) is 5.88 Å². The van der Waals surface area contributed by atoms with Crippen LogP contribution in [0.2, 0.25) is 0 Å². The Hall–Kier alpha value is -1.98. The first-order valence-electron chi connectivity index (χ1n) is 6.55.